The summed E-state index contributed by atoms with van der Waals surface area (Å²) in [5.74, 6) is 1.27. The van der Waals surface area contributed by atoms with Crippen molar-refractivity contribution in [2.24, 2.45) is 5.73 Å². The third-order valence-electron chi connectivity index (χ3n) is 3.58. The van der Waals surface area contributed by atoms with E-state index in [1.54, 1.807) is 0 Å². The molecule has 2 heterocycles. The first-order valence-corrected chi connectivity index (χ1v) is 7.29. The normalized spacial score (nSPS) is 19.2. The van der Waals surface area contributed by atoms with E-state index in [2.05, 4.69) is 10.1 Å². The van der Waals surface area contributed by atoms with E-state index in [4.69, 9.17) is 19.7 Å². The second-order valence-corrected chi connectivity index (χ2v) is 6.04. The Bertz CT molecular complexity index is 414. The highest BCUT2D eigenvalue weighted by Gasteiger charge is 2.39. The number of aryl methyl sites for hydroxylation is 1. The van der Waals surface area contributed by atoms with Crippen molar-refractivity contribution < 1.29 is 14.0 Å². The molecule has 0 radical (unpaired) electrons. The quantitative estimate of drug-likeness (QED) is 0.856. The predicted molar refractivity (Wildman–Crippen MR) is 74.2 cm³/mol. The van der Waals surface area contributed by atoms with Gasteiger partial charge in [-0.1, -0.05) is 5.16 Å². The summed E-state index contributed by atoms with van der Waals surface area (Å²) >= 11 is 0. The van der Waals surface area contributed by atoms with Crippen molar-refractivity contribution in [1.29, 1.82) is 0 Å². The van der Waals surface area contributed by atoms with E-state index in [0.29, 0.717) is 38.0 Å². The van der Waals surface area contributed by atoms with Crippen LogP contribution in [0.2, 0.25) is 0 Å². The standard InChI is InChI=1S/C14H25N3O3/c1-4-19-14(7-9-18-10-8-14)12-16-11(20-17-12)5-6-13(2,3)15/h4-10,15H2,1-3H3. The number of nitrogens with zero attached hydrogens (tertiary/aromatic N) is 2. The molecule has 2 rings (SSSR count). The summed E-state index contributed by atoms with van der Waals surface area (Å²) in [6.07, 6.45) is 3.03. The second-order valence-electron chi connectivity index (χ2n) is 6.04. The van der Waals surface area contributed by atoms with Crippen molar-refractivity contribution >= 4 is 0 Å². The van der Waals surface area contributed by atoms with Crippen LogP contribution in [0, 0.1) is 0 Å². The van der Waals surface area contributed by atoms with Crippen molar-refractivity contribution in [2.75, 3.05) is 19.8 Å². The Morgan fingerprint density at radius 3 is 2.65 bits per heavy atom. The number of aromatic nitrogens is 2. The monoisotopic (exact) mass is 283 g/mol. The van der Waals surface area contributed by atoms with Crippen LogP contribution in [0.15, 0.2) is 4.52 Å². The highest BCUT2D eigenvalue weighted by molar-refractivity contribution is 5.03. The first-order valence-electron chi connectivity index (χ1n) is 7.29. The van der Waals surface area contributed by atoms with Gasteiger partial charge >= 0.3 is 0 Å². The summed E-state index contributed by atoms with van der Waals surface area (Å²) in [7, 11) is 0. The Kier molecular flexibility index (Phi) is 4.78. The zero-order valence-corrected chi connectivity index (χ0v) is 12.6. The maximum absolute atomic E-state index is 5.98. The molecule has 1 aliphatic rings. The molecule has 1 aromatic rings. The molecule has 0 aromatic carbocycles. The maximum atomic E-state index is 5.98. The Morgan fingerprint density at radius 1 is 1.35 bits per heavy atom. The lowest BCUT2D eigenvalue weighted by Gasteiger charge is -2.33. The molecule has 6 nitrogen and oxygen atoms in total. The van der Waals surface area contributed by atoms with Gasteiger partial charge < -0.3 is 19.7 Å². The smallest absolute Gasteiger partial charge is 0.226 e. The average molecular weight is 283 g/mol. The molecule has 0 atom stereocenters. The fourth-order valence-corrected chi connectivity index (χ4v) is 2.38. The van der Waals surface area contributed by atoms with Crippen LogP contribution in [0.25, 0.3) is 0 Å². The molecular formula is C14H25N3O3. The van der Waals surface area contributed by atoms with Crippen molar-refractivity contribution in [3.8, 4) is 0 Å². The third kappa shape index (κ3) is 3.77. The summed E-state index contributed by atoms with van der Waals surface area (Å²) in [5, 5.41) is 4.12. The highest BCUT2D eigenvalue weighted by Crippen LogP contribution is 2.34. The van der Waals surface area contributed by atoms with Gasteiger partial charge in [0.2, 0.25) is 11.7 Å². The molecule has 0 spiro atoms. The molecule has 1 aliphatic heterocycles. The van der Waals surface area contributed by atoms with Gasteiger partial charge in [-0.2, -0.15) is 4.98 Å². The fraction of sp³-hybridized carbons (Fsp3) is 0.857. The molecule has 114 valence electrons. The van der Waals surface area contributed by atoms with Gasteiger partial charge in [0.15, 0.2) is 0 Å². The van der Waals surface area contributed by atoms with Crippen molar-refractivity contribution in [3.63, 3.8) is 0 Å². The molecule has 1 fully saturated rings. The van der Waals surface area contributed by atoms with Crippen LogP contribution in [-0.2, 0) is 21.5 Å². The summed E-state index contributed by atoms with van der Waals surface area (Å²) in [5.41, 5.74) is 5.29. The second kappa shape index (κ2) is 6.20. The lowest BCUT2D eigenvalue weighted by molar-refractivity contribution is -0.118. The molecule has 1 saturated heterocycles. The Balaban J connectivity index is 2.08. The zero-order chi connectivity index (χ0) is 14.6. The Morgan fingerprint density at radius 2 is 2.05 bits per heavy atom. The maximum Gasteiger partial charge on any atom is 0.226 e. The zero-order valence-electron chi connectivity index (χ0n) is 12.6. The van der Waals surface area contributed by atoms with Crippen LogP contribution in [-0.4, -0.2) is 35.5 Å². The van der Waals surface area contributed by atoms with Gasteiger partial charge in [0, 0.05) is 44.6 Å². The molecule has 2 N–H and O–H groups in total. The number of hydrogen-bond donors (Lipinski definition) is 1. The molecular weight excluding hydrogens is 258 g/mol. The van der Waals surface area contributed by atoms with Gasteiger partial charge in [0.05, 0.1) is 0 Å². The average Bonchev–Trinajstić information content (AvgIpc) is 2.86. The number of ether oxygens (including phenoxy) is 2. The summed E-state index contributed by atoms with van der Waals surface area (Å²) in [4.78, 5) is 4.51. The molecule has 0 amide bonds. The lowest BCUT2D eigenvalue weighted by Crippen LogP contribution is -2.37. The van der Waals surface area contributed by atoms with E-state index >= 15 is 0 Å². The highest BCUT2D eigenvalue weighted by atomic mass is 16.5. The summed E-state index contributed by atoms with van der Waals surface area (Å²) < 4.78 is 16.7. The van der Waals surface area contributed by atoms with Crippen LogP contribution in [0.1, 0.15) is 51.7 Å². The molecule has 0 saturated carbocycles. The number of rotatable bonds is 6. The van der Waals surface area contributed by atoms with E-state index in [1.807, 2.05) is 20.8 Å². The van der Waals surface area contributed by atoms with Crippen LogP contribution in [0.5, 0.6) is 0 Å². The van der Waals surface area contributed by atoms with Crippen molar-refractivity contribution in [3.05, 3.63) is 11.7 Å². The topological polar surface area (TPSA) is 83.4 Å². The minimum atomic E-state index is -0.451. The van der Waals surface area contributed by atoms with Gasteiger partial charge in [-0.25, -0.2) is 0 Å². The van der Waals surface area contributed by atoms with E-state index in [9.17, 15) is 0 Å². The molecule has 6 heteroatoms. The molecule has 20 heavy (non-hydrogen) atoms. The molecule has 0 unspecified atom stereocenters. The number of hydrogen-bond acceptors (Lipinski definition) is 6. The van der Waals surface area contributed by atoms with E-state index in [0.717, 1.165) is 19.3 Å². The minimum absolute atomic E-state index is 0.231. The Labute approximate surface area is 120 Å². The minimum Gasteiger partial charge on any atom is -0.381 e. The van der Waals surface area contributed by atoms with Crippen LogP contribution in [0.4, 0.5) is 0 Å². The summed E-state index contributed by atoms with van der Waals surface area (Å²) in [6, 6.07) is 0. The van der Waals surface area contributed by atoms with Crippen molar-refractivity contribution in [2.45, 2.75) is 57.6 Å². The molecule has 1 aromatic heterocycles. The predicted octanol–water partition coefficient (Wildman–Crippen LogP) is 1.78. The Hall–Kier alpha value is -0.980. The lowest BCUT2D eigenvalue weighted by atomic mass is 9.93. The fourth-order valence-electron chi connectivity index (χ4n) is 2.38. The van der Waals surface area contributed by atoms with Crippen LogP contribution < -0.4 is 5.73 Å². The van der Waals surface area contributed by atoms with E-state index < -0.39 is 5.60 Å². The van der Waals surface area contributed by atoms with Gasteiger partial charge in [-0.15, -0.1) is 0 Å². The first kappa shape index (κ1) is 15.4. The van der Waals surface area contributed by atoms with E-state index in [-0.39, 0.29) is 5.54 Å². The molecule has 0 aliphatic carbocycles. The number of nitrogens with two attached hydrogens (primary N) is 1. The van der Waals surface area contributed by atoms with Gasteiger partial charge in [0.1, 0.15) is 5.60 Å². The largest absolute Gasteiger partial charge is 0.381 e. The first-order chi connectivity index (χ1) is 9.45. The summed E-state index contributed by atoms with van der Waals surface area (Å²) in [6.45, 7) is 7.92. The van der Waals surface area contributed by atoms with Crippen LogP contribution in [0.3, 0.4) is 0 Å². The van der Waals surface area contributed by atoms with Gasteiger partial charge in [-0.3, -0.25) is 0 Å². The van der Waals surface area contributed by atoms with Crippen LogP contribution >= 0.6 is 0 Å². The van der Waals surface area contributed by atoms with E-state index in [1.165, 1.54) is 0 Å². The van der Waals surface area contributed by atoms with Gasteiger partial charge in [-0.05, 0) is 27.2 Å². The molecule has 0 bridgehead atoms. The third-order valence-corrected chi connectivity index (χ3v) is 3.58. The van der Waals surface area contributed by atoms with Crippen molar-refractivity contribution in [1.82, 2.24) is 10.1 Å². The SMILES string of the molecule is CCOC1(c2noc(CCC(C)(C)N)n2)CCOCC1. The van der Waals surface area contributed by atoms with Gasteiger partial charge in [0.25, 0.3) is 0 Å².